The number of aryl methyl sites for hydroxylation is 1. The molecule has 0 bridgehead atoms. The highest BCUT2D eigenvalue weighted by atomic mass is 32.1. The van der Waals surface area contributed by atoms with Crippen molar-refractivity contribution in [1.82, 2.24) is 19.1 Å². The largest absolute Gasteiger partial charge is 0.331 e. The highest BCUT2D eigenvalue weighted by molar-refractivity contribution is 7.07. The maximum atomic E-state index is 4.45. The summed E-state index contributed by atoms with van der Waals surface area (Å²) in [6, 6.07) is 2.54. The molecule has 0 spiro atoms. The minimum absolute atomic E-state index is 0.365. The minimum Gasteiger partial charge on any atom is -0.331 e. The third-order valence-electron chi connectivity index (χ3n) is 3.28. The predicted molar refractivity (Wildman–Crippen MR) is 77.2 cm³/mol. The van der Waals surface area contributed by atoms with E-state index in [1.165, 1.54) is 5.56 Å². The van der Waals surface area contributed by atoms with Crippen molar-refractivity contribution in [2.45, 2.75) is 19.4 Å². The summed E-state index contributed by atoms with van der Waals surface area (Å²) in [4.78, 5) is 8.83. The molecule has 3 heterocycles. The van der Waals surface area contributed by atoms with Crippen LogP contribution in [-0.2, 0) is 13.5 Å². The van der Waals surface area contributed by atoms with E-state index in [2.05, 4.69) is 38.3 Å². The number of hydrogen-bond donors (Lipinski definition) is 0. The van der Waals surface area contributed by atoms with Crippen molar-refractivity contribution >= 4 is 11.3 Å². The quantitative estimate of drug-likeness (QED) is 0.731. The minimum atomic E-state index is 0.365. The van der Waals surface area contributed by atoms with E-state index >= 15 is 0 Å². The highest BCUT2D eigenvalue weighted by Gasteiger charge is 2.15. The lowest BCUT2D eigenvalue weighted by Gasteiger charge is -2.15. The fraction of sp³-hybridized carbons (Fsp3) is 0.286. The number of thiophene rings is 1. The van der Waals surface area contributed by atoms with Crippen molar-refractivity contribution in [2.24, 2.45) is 7.05 Å². The predicted octanol–water partition coefficient (Wildman–Crippen LogP) is 3.15. The second-order valence-corrected chi connectivity index (χ2v) is 5.48. The van der Waals surface area contributed by atoms with Gasteiger partial charge in [0.15, 0.2) is 11.6 Å². The summed E-state index contributed by atoms with van der Waals surface area (Å²) in [7, 11) is 1.99. The van der Waals surface area contributed by atoms with E-state index in [1.54, 1.807) is 17.5 Å². The normalized spacial score (nSPS) is 12.7. The summed E-state index contributed by atoms with van der Waals surface area (Å²) in [5.74, 6) is 1.83. The summed E-state index contributed by atoms with van der Waals surface area (Å²) in [5.41, 5.74) is 1.37. The van der Waals surface area contributed by atoms with Crippen molar-refractivity contribution in [3.63, 3.8) is 0 Å². The Bertz CT molecular complexity index is 651. The third-order valence-corrected chi connectivity index (χ3v) is 4.01. The number of hydrogen-bond acceptors (Lipinski definition) is 3. The van der Waals surface area contributed by atoms with E-state index in [-0.39, 0.29) is 0 Å². The smallest absolute Gasteiger partial charge is 0.176 e. The molecule has 3 aromatic heterocycles. The summed E-state index contributed by atoms with van der Waals surface area (Å²) >= 11 is 1.74. The first-order valence-electron chi connectivity index (χ1n) is 6.27. The van der Waals surface area contributed by atoms with Crippen LogP contribution in [-0.4, -0.2) is 19.1 Å². The Hall–Kier alpha value is -1.88. The van der Waals surface area contributed by atoms with Crippen molar-refractivity contribution in [2.75, 3.05) is 0 Å². The van der Waals surface area contributed by atoms with Crippen molar-refractivity contribution in [3.05, 3.63) is 47.2 Å². The van der Waals surface area contributed by atoms with Gasteiger partial charge in [0.25, 0.3) is 0 Å². The van der Waals surface area contributed by atoms with Gasteiger partial charge in [-0.2, -0.15) is 11.3 Å². The molecule has 0 N–H and O–H groups in total. The number of imidazole rings is 2. The Morgan fingerprint density at radius 1 is 1.21 bits per heavy atom. The number of aromatic nitrogens is 4. The molecule has 0 saturated carbocycles. The molecule has 0 aliphatic carbocycles. The summed E-state index contributed by atoms with van der Waals surface area (Å²) in [6.07, 6.45) is 8.63. The molecule has 19 heavy (non-hydrogen) atoms. The first-order chi connectivity index (χ1) is 9.25. The van der Waals surface area contributed by atoms with Crippen LogP contribution in [0.15, 0.2) is 41.6 Å². The van der Waals surface area contributed by atoms with Gasteiger partial charge in [-0.3, -0.25) is 0 Å². The summed E-state index contributed by atoms with van der Waals surface area (Å²) in [5, 5.41) is 4.32. The second-order valence-electron chi connectivity index (χ2n) is 4.70. The van der Waals surface area contributed by atoms with Gasteiger partial charge in [0.1, 0.15) is 0 Å². The van der Waals surface area contributed by atoms with Crippen LogP contribution in [0.3, 0.4) is 0 Å². The first-order valence-corrected chi connectivity index (χ1v) is 7.21. The lowest BCUT2D eigenvalue weighted by Crippen LogP contribution is -2.10. The topological polar surface area (TPSA) is 35.6 Å². The van der Waals surface area contributed by atoms with Gasteiger partial charge in [0.05, 0.1) is 0 Å². The maximum Gasteiger partial charge on any atom is 0.176 e. The van der Waals surface area contributed by atoms with E-state index in [9.17, 15) is 0 Å². The van der Waals surface area contributed by atoms with Gasteiger partial charge >= 0.3 is 0 Å². The Labute approximate surface area is 116 Å². The average molecular weight is 272 g/mol. The monoisotopic (exact) mass is 272 g/mol. The molecule has 0 aromatic carbocycles. The van der Waals surface area contributed by atoms with Crippen molar-refractivity contribution < 1.29 is 0 Å². The molecule has 0 amide bonds. The van der Waals surface area contributed by atoms with Crippen LogP contribution in [0.5, 0.6) is 0 Å². The Balaban J connectivity index is 1.90. The molecule has 0 radical (unpaired) electrons. The fourth-order valence-corrected chi connectivity index (χ4v) is 2.95. The lowest BCUT2D eigenvalue weighted by molar-refractivity contribution is 0.548. The molecule has 0 aliphatic rings. The van der Waals surface area contributed by atoms with Crippen LogP contribution in [0.2, 0.25) is 0 Å². The summed E-state index contributed by atoms with van der Waals surface area (Å²) in [6.45, 7) is 2.21. The third kappa shape index (κ3) is 2.33. The van der Waals surface area contributed by atoms with E-state index < -0.39 is 0 Å². The molecule has 0 unspecified atom stereocenters. The van der Waals surface area contributed by atoms with Gasteiger partial charge in [0, 0.05) is 37.9 Å². The molecule has 3 rings (SSSR count). The van der Waals surface area contributed by atoms with Gasteiger partial charge in [-0.25, -0.2) is 9.97 Å². The van der Waals surface area contributed by atoms with Crippen LogP contribution in [0.25, 0.3) is 11.6 Å². The zero-order valence-electron chi connectivity index (χ0n) is 11.0. The molecular formula is C14H16N4S. The number of nitrogens with zero attached hydrogens (tertiary/aromatic N) is 4. The summed E-state index contributed by atoms with van der Waals surface area (Å²) < 4.78 is 4.19. The molecular weight excluding hydrogens is 256 g/mol. The van der Waals surface area contributed by atoms with Gasteiger partial charge in [0.2, 0.25) is 0 Å². The molecule has 4 nitrogen and oxygen atoms in total. The lowest BCUT2D eigenvalue weighted by atomic mass is 10.1. The second kappa shape index (κ2) is 5.01. The molecule has 0 fully saturated rings. The van der Waals surface area contributed by atoms with Crippen molar-refractivity contribution in [1.29, 1.82) is 0 Å². The molecule has 98 valence electrons. The fourth-order valence-electron chi connectivity index (χ4n) is 2.27. The van der Waals surface area contributed by atoms with Gasteiger partial charge in [-0.1, -0.05) is 0 Å². The zero-order chi connectivity index (χ0) is 13.2. The molecule has 0 aliphatic heterocycles. The Morgan fingerprint density at radius 3 is 2.68 bits per heavy atom. The zero-order valence-corrected chi connectivity index (χ0v) is 11.8. The van der Waals surface area contributed by atoms with E-state index in [0.29, 0.717) is 6.04 Å². The van der Waals surface area contributed by atoms with Crippen molar-refractivity contribution in [3.8, 4) is 11.6 Å². The van der Waals surface area contributed by atoms with Gasteiger partial charge in [-0.15, -0.1) is 0 Å². The van der Waals surface area contributed by atoms with Gasteiger partial charge in [-0.05, 0) is 35.7 Å². The SMILES string of the molecule is C[C@@H](Cc1ccsc1)n1ccnc1-c1nccn1C. The van der Waals surface area contributed by atoms with E-state index in [4.69, 9.17) is 0 Å². The van der Waals surface area contributed by atoms with E-state index in [0.717, 1.165) is 18.1 Å². The van der Waals surface area contributed by atoms with Crippen LogP contribution >= 0.6 is 11.3 Å². The van der Waals surface area contributed by atoms with Crippen LogP contribution < -0.4 is 0 Å². The van der Waals surface area contributed by atoms with Crippen LogP contribution in [0.4, 0.5) is 0 Å². The van der Waals surface area contributed by atoms with Gasteiger partial charge < -0.3 is 9.13 Å². The highest BCUT2D eigenvalue weighted by Crippen LogP contribution is 2.22. The molecule has 0 saturated heterocycles. The Morgan fingerprint density at radius 2 is 2.00 bits per heavy atom. The maximum absolute atomic E-state index is 4.45. The number of rotatable bonds is 4. The van der Waals surface area contributed by atoms with Crippen LogP contribution in [0, 0.1) is 0 Å². The Kier molecular flexibility index (Phi) is 3.21. The molecule has 3 aromatic rings. The molecule has 5 heteroatoms. The molecule has 1 atom stereocenters. The average Bonchev–Trinajstić information content (AvgIpc) is 3.07. The van der Waals surface area contributed by atoms with Crippen LogP contribution in [0.1, 0.15) is 18.5 Å². The van der Waals surface area contributed by atoms with E-state index in [1.807, 2.05) is 30.2 Å². The standard InChI is InChI=1S/C14H16N4S/c1-11(9-12-3-8-19-10-12)18-7-5-16-14(18)13-15-4-6-17(13)2/h3-8,10-11H,9H2,1-2H3/t11-/m0/s1. The first kappa shape index (κ1) is 12.2.